The molecule has 2 saturated heterocycles. The number of nitrogens with zero attached hydrogens (tertiary/aromatic N) is 1. The molecule has 2 fully saturated rings. The lowest BCUT2D eigenvalue weighted by Crippen LogP contribution is -2.43. The van der Waals surface area contributed by atoms with Crippen LogP contribution in [-0.2, 0) is 11.2 Å². The van der Waals surface area contributed by atoms with Gasteiger partial charge >= 0.3 is 0 Å². The fourth-order valence-corrected chi connectivity index (χ4v) is 5.61. The third-order valence-corrected chi connectivity index (χ3v) is 7.83. The Labute approximate surface area is 203 Å². The molecule has 0 radical (unpaired) electrons. The van der Waals surface area contributed by atoms with Crippen LogP contribution in [0, 0.1) is 5.92 Å². The number of carbonyl (C=O) groups is 2. The van der Waals surface area contributed by atoms with E-state index in [2.05, 4.69) is 36.6 Å². The van der Waals surface area contributed by atoms with Crippen molar-refractivity contribution in [2.45, 2.75) is 76.9 Å². The number of amides is 2. The monoisotopic (exact) mass is 474 g/mol. The van der Waals surface area contributed by atoms with Crippen molar-refractivity contribution in [1.29, 1.82) is 0 Å². The Kier molecular flexibility index (Phi) is 10.5. The zero-order valence-electron chi connectivity index (χ0n) is 20.4. The Balaban J connectivity index is 1.29. The molecule has 6 nitrogen and oxygen atoms in total. The van der Waals surface area contributed by atoms with E-state index >= 15 is 0 Å². The molecule has 0 bridgehead atoms. The smallest absolute Gasteiger partial charge is 0.253 e. The topological polar surface area (TPSA) is 87.5 Å². The molecule has 2 amide bonds. The van der Waals surface area contributed by atoms with Crippen LogP contribution in [0.2, 0.25) is 0 Å². The van der Waals surface area contributed by atoms with Crippen LogP contribution in [0.15, 0.2) is 24.3 Å². The Morgan fingerprint density at radius 1 is 1.15 bits per heavy atom. The van der Waals surface area contributed by atoms with Crippen LogP contribution in [0.5, 0.6) is 0 Å². The molecule has 2 atom stereocenters. The molecule has 2 unspecified atom stereocenters. The van der Waals surface area contributed by atoms with E-state index in [-0.39, 0.29) is 23.9 Å². The van der Waals surface area contributed by atoms with Gasteiger partial charge in [0.05, 0.1) is 6.04 Å². The highest BCUT2D eigenvalue weighted by Crippen LogP contribution is 2.19. The number of nitrogens with one attached hydrogen (secondary N) is 2. The predicted molar refractivity (Wildman–Crippen MR) is 138 cm³/mol. The summed E-state index contributed by atoms with van der Waals surface area (Å²) in [5, 5.41) is 6.59. The first kappa shape index (κ1) is 26.0. The summed E-state index contributed by atoms with van der Waals surface area (Å²) in [7, 11) is 0. The van der Waals surface area contributed by atoms with Crippen molar-refractivity contribution >= 4 is 23.6 Å². The van der Waals surface area contributed by atoms with Gasteiger partial charge in [-0.05, 0) is 74.3 Å². The molecular weight excluding hydrogens is 432 g/mol. The van der Waals surface area contributed by atoms with E-state index in [9.17, 15) is 9.59 Å². The van der Waals surface area contributed by atoms with Crippen LogP contribution in [0.3, 0.4) is 0 Å². The first-order valence-electron chi connectivity index (χ1n) is 12.7. The third-order valence-electron chi connectivity index (χ3n) is 6.70. The zero-order valence-corrected chi connectivity index (χ0v) is 21.2. The first-order valence-corrected chi connectivity index (χ1v) is 13.8. The van der Waals surface area contributed by atoms with Gasteiger partial charge in [0.15, 0.2) is 0 Å². The molecule has 0 aromatic heterocycles. The van der Waals surface area contributed by atoms with Gasteiger partial charge in [0.1, 0.15) is 0 Å². The van der Waals surface area contributed by atoms with Gasteiger partial charge in [-0.3, -0.25) is 9.59 Å². The Morgan fingerprint density at radius 2 is 1.88 bits per heavy atom. The fraction of sp³-hybridized carbons (Fsp3) is 0.692. The summed E-state index contributed by atoms with van der Waals surface area (Å²) in [6, 6.07) is 8.69. The quantitative estimate of drug-likeness (QED) is 0.429. The molecule has 0 saturated carbocycles. The van der Waals surface area contributed by atoms with E-state index in [4.69, 9.17) is 5.73 Å². The standard InChI is InChI=1S/C26H42N4O2S/c1-19(2)4-3-14-28-25(31)24-10-9-23(29-24)18-33-17-13-20-5-7-21(8-6-20)26(32)30-15-11-22(27)12-16-30/h5-8,19,22-24,29H,3-4,9-18,27H2,1-2H3,(H,28,31). The van der Waals surface area contributed by atoms with Crippen molar-refractivity contribution in [1.82, 2.24) is 15.5 Å². The van der Waals surface area contributed by atoms with Gasteiger partial charge in [0, 0.05) is 43.0 Å². The van der Waals surface area contributed by atoms with Crippen LogP contribution in [0.4, 0.5) is 0 Å². The fourth-order valence-electron chi connectivity index (χ4n) is 4.52. The molecule has 3 rings (SSSR count). The van der Waals surface area contributed by atoms with E-state index in [0.29, 0.717) is 12.0 Å². The lowest BCUT2D eigenvalue weighted by Gasteiger charge is -2.30. The van der Waals surface area contributed by atoms with Crippen LogP contribution in [0.1, 0.15) is 68.3 Å². The highest BCUT2D eigenvalue weighted by Gasteiger charge is 2.28. The molecule has 0 aliphatic carbocycles. The van der Waals surface area contributed by atoms with Gasteiger partial charge in [-0.2, -0.15) is 11.8 Å². The Morgan fingerprint density at radius 3 is 2.58 bits per heavy atom. The minimum Gasteiger partial charge on any atom is -0.355 e. The van der Waals surface area contributed by atoms with Gasteiger partial charge < -0.3 is 21.3 Å². The van der Waals surface area contributed by atoms with Crippen molar-refractivity contribution in [2.24, 2.45) is 11.7 Å². The number of hydrogen-bond acceptors (Lipinski definition) is 5. The summed E-state index contributed by atoms with van der Waals surface area (Å²) in [6.45, 7) is 6.73. The number of rotatable bonds is 11. The molecular formula is C26H42N4O2S. The molecule has 4 N–H and O–H groups in total. The largest absolute Gasteiger partial charge is 0.355 e. The maximum absolute atomic E-state index is 12.6. The number of benzene rings is 1. The molecule has 2 aliphatic rings. The molecule has 2 heterocycles. The predicted octanol–water partition coefficient (Wildman–Crippen LogP) is 3.20. The molecule has 0 spiro atoms. The van der Waals surface area contributed by atoms with E-state index in [1.165, 1.54) is 5.56 Å². The molecule has 1 aromatic rings. The highest BCUT2D eigenvalue weighted by molar-refractivity contribution is 7.99. The number of hydrogen-bond donors (Lipinski definition) is 3. The van der Waals surface area contributed by atoms with Crippen LogP contribution < -0.4 is 16.4 Å². The van der Waals surface area contributed by atoms with E-state index in [0.717, 1.165) is 81.6 Å². The van der Waals surface area contributed by atoms with Crippen LogP contribution in [-0.4, -0.2) is 66.0 Å². The van der Waals surface area contributed by atoms with Gasteiger partial charge in [-0.15, -0.1) is 0 Å². The average molecular weight is 475 g/mol. The van der Waals surface area contributed by atoms with Crippen molar-refractivity contribution in [3.63, 3.8) is 0 Å². The summed E-state index contributed by atoms with van der Waals surface area (Å²) in [4.78, 5) is 26.9. The normalized spacial score (nSPS) is 21.5. The highest BCUT2D eigenvalue weighted by atomic mass is 32.2. The van der Waals surface area contributed by atoms with E-state index in [1.807, 2.05) is 28.8 Å². The molecule has 33 heavy (non-hydrogen) atoms. The molecule has 184 valence electrons. The Bertz CT molecular complexity index is 747. The summed E-state index contributed by atoms with van der Waals surface area (Å²) < 4.78 is 0. The van der Waals surface area contributed by atoms with Crippen molar-refractivity contribution in [3.05, 3.63) is 35.4 Å². The summed E-state index contributed by atoms with van der Waals surface area (Å²) in [6.07, 6.45) is 6.97. The maximum atomic E-state index is 12.6. The second kappa shape index (κ2) is 13.4. The van der Waals surface area contributed by atoms with Gasteiger partial charge in [0.2, 0.25) is 5.91 Å². The molecule has 1 aromatic carbocycles. The molecule has 7 heteroatoms. The lowest BCUT2D eigenvalue weighted by molar-refractivity contribution is -0.122. The van der Waals surface area contributed by atoms with Gasteiger partial charge in [0.25, 0.3) is 5.91 Å². The number of carbonyl (C=O) groups excluding carboxylic acids is 2. The average Bonchev–Trinajstić information content (AvgIpc) is 3.29. The summed E-state index contributed by atoms with van der Waals surface area (Å²) >= 11 is 1.94. The first-order chi connectivity index (χ1) is 15.9. The van der Waals surface area contributed by atoms with Gasteiger partial charge in [-0.1, -0.05) is 26.0 Å². The summed E-state index contributed by atoms with van der Waals surface area (Å²) in [5.41, 5.74) is 7.97. The van der Waals surface area contributed by atoms with Crippen molar-refractivity contribution < 1.29 is 9.59 Å². The van der Waals surface area contributed by atoms with Gasteiger partial charge in [-0.25, -0.2) is 0 Å². The Hall–Kier alpha value is -1.57. The number of nitrogens with two attached hydrogens (primary N) is 1. The zero-order chi connectivity index (χ0) is 23.6. The molecule has 2 aliphatic heterocycles. The minimum atomic E-state index is -0.0321. The van der Waals surface area contributed by atoms with Crippen LogP contribution in [0.25, 0.3) is 0 Å². The lowest BCUT2D eigenvalue weighted by atomic mass is 10.0. The van der Waals surface area contributed by atoms with E-state index < -0.39 is 0 Å². The van der Waals surface area contributed by atoms with Crippen molar-refractivity contribution in [3.8, 4) is 0 Å². The number of likely N-dealkylation sites (tertiary alicyclic amines) is 1. The SMILES string of the molecule is CC(C)CCCNC(=O)C1CCC(CSCCc2ccc(C(=O)N3CCC(N)CC3)cc2)N1. The van der Waals surface area contributed by atoms with Crippen LogP contribution >= 0.6 is 11.8 Å². The number of piperidine rings is 1. The second-order valence-electron chi connectivity index (χ2n) is 9.97. The summed E-state index contributed by atoms with van der Waals surface area (Å²) in [5.74, 6) is 3.04. The second-order valence-corrected chi connectivity index (χ2v) is 11.1. The number of aryl methyl sites for hydroxylation is 1. The third kappa shape index (κ3) is 8.62. The number of thioether (sulfide) groups is 1. The van der Waals surface area contributed by atoms with E-state index in [1.54, 1.807) is 0 Å². The minimum absolute atomic E-state index is 0.0321. The van der Waals surface area contributed by atoms with Crippen molar-refractivity contribution in [2.75, 3.05) is 31.1 Å². The maximum Gasteiger partial charge on any atom is 0.253 e.